The maximum absolute atomic E-state index is 12.3. The van der Waals surface area contributed by atoms with Gasteiger partial charge in [-0.2, -0.15) is 5.10 Å². The highest BCUT2D eigenvalue weighted by atomic mass is 127. The van der Waals surface area contributed by atoms with E-state index in [9.17, 15) is 14.7 Å². The van der Waals surface area contributed by atoms with E-state index in [4.69, 9.17) is 15.2 Å². The monoisotopic (exact) mass is 621 g/mol. The van der Waals surface area contributed by atoms with E-state index in [1.165, 1.54) is 0 Å². The van der Waals surface area contributed by atoms with Gasteiger partial charge in [-0.25, -0.2) is 4.98 Å². The minimum atomic E-state index is -0.961. The number of carbonyl (C=O) groups excluding carboxylic acids is 1. The van der Waals surface area contributed by atoms with Crippen LogP contribution in [0.4, 0.5) is 0 Å². The van der Waals surface area contributed by atoms with Gasteiger partial charge in [0.25, 0.3) is 5.91 Å². The summed E-state index contributed by atoms with van der Waals surface area (Å²) in [7, 11) is 0. The van der Waals surface area contributed by atoms with Crippen LogP contribution in [-0.2, 0) is 11.3 Å². The fourth-order valence-electron chi connectivity index (χ4n) is 4.19. The average molecular weight is 621 g/mol. The number of aromatic hydroxyl groups is 1. The molecule has 38 heavy (non-hydrogen) atoms. The minimum absolute atomic E-state index is 0.0719. The summed E-state index contributed by atoms with van der Waals surface area (Å²) in [4.78, 5) is 31.0. The van der Waals surface area contributed by atoms with E-state index in [-0.39, 0.29) is 24.6 Å². The highest BCUT2D eigenvalue weighted by Gasteiger charge is 2.17. The van der Waals surface area contributed by atoms with Crippen molar-refractivity contribution in [2.75, 3.05) is 6.54 Å². The largest absolute Gasteiger partial charge is 0.508 e. The Kier molecular flexibility index (Phi) is 7.14. The van der Waals surface area contributed by atoms with Crippen molar-refractivity contribution in [1.29, 1.82) is 0 Å². The number of halogens is 1. The number of imidazole rings is 1. The standard InChI is InChI=1S/C28H24IN5O4/c1-16-10-19(12-20(29)11-16)23-14-25(27-31-22-7-6-21(35)13-24(22)32-27)34(33-23)15-17-2-4-18(5-3-17)28(38)30-9-8-26(36)37/h2-7,10-14,35H,8-9,15H2,1H3,(H,30,38)(H,31,32)(H,36,37). The van der Waals surface area contributed by atoms with Gasteiger partial charge in [0.1, 0.15) is 11.4 Å². The number of aromatic nitrogens is 4. The lowest BCUT2D eigenvalue weighted by Gasteiger charge is -2.08. The zero-order valence-electron chi connectivity index (χ0n) is 20.4. The summed E-state index contributed by atoms with van der Waals surface area (Å²) in [5.41, 5.74) is 6.55. The number of nitrogens with zero attached hydrogens (tertiary/aromatic N) is 3. The summed E-state index contributed by atoms with van der Waals surface area (Å²) >= 11 is 2.30. The number of hydrogen-bond acceptors (Lipinski definition) is 5. The molecule has 4 N–H and O–H groups in total. The third-order valence-electron chi connectivity index (χ3n) is 6.00. The zero-order valence-corrected chi connectivity index (χ0v) is 22.6. The molecular formula is C28H24IN5O4. The van der Waals surface area contributed by atoms with E-state index in [0.29, 0.717) is 17.9 Å². The van der Waals surface area contributed by atoms with Crippen LogP contribution in [0, 0.1) is 10.5 Å². The molecule has 0 fully saturated rings. The van der Waals surface area contributed by atoms with Gasteiger partial charge in [-0.15, -0.1) is 0 Å². The molecule has 2 aromatic heterocycles. The number of fused-ring (bicyclic) bond motifs is 1. The van der Waals surface area contributed by atoms with Crippen molar-refractivity contribution in [3.05, 3.63) is 87.0 Å². The van der Waals surface area contributed by atoms with Crippen molar-refractivity contribution < 1.29 is 19.8 Å². The van der Waals surface area contributed by atoms with Crippen molar-refractivity contribution in [2.24, 2.45) is 0 Å². The van der Waals surface area contributed by atoms with Crippen LogP contribution in [0.15, 0.2) is 66.7 Å². The summed E-state index contributed by atoms with van der Waals surface area (Å²) in [6.07, 6.45) is -0.129. The molecule has 0 aliphatic carbocycles. The highest BCUT2D eigenvalue weighted by molar-refractivity contribution is 14.1. The number of aliphatic carboxylic acids is 1. The SMILES string of the molecule is Cc1cc(I)cc(-c2cc(-c3nc4ccc(O)cc4[nH]3)n(Cc3ccc(C(=O)NCCC(=O)O)cc3)n2)c1. The molecule has 9 nitrogen and oxygen atoms in total. The Labute approximate surface area is 231 Å². The number of phenolic OH excluding ortho intramolecular Hbond substituents is 1. The van der Waals surface area contributed by atoms with E-state index >= 15 is 0 Å². The molecule has 2 heterocycles. The van der Waals surface area contributed by atoms with Gasteiger partial charge in [0.15, 0.2) is 5.82 Å². The number of phenols is 1. The highest BCUT2D eigenvalue weighted by Crippen LogP contribution is 2.29. The molecule has 0 spiro atoms. The Bertz CT molecular complexity index is 1640. The molecule has 0 aliphatic rings. The molecule has 1 amide bonds. The smallest absolute Gasteiger partial charge is 0.305 e. The van der Waals surface area contributed by atoms with E-state index in [0.717, 1.165) is 42.7 Å². The van der Waals surface area contributed by atoms with E-state index in [1.54, 1.807) is 30.3 Å². The number of aromatic amines is 1. The molecule has 0 saturated carbocycles. The maximum Gasteiger partial charge on any atom is 0.305 e. The Balaban J connectivity index is 1.47. The molecule has 192 valence electrons. The van der Waals surface area contributed by atoms with Gasteiger partial charge in [0.2, 0.25) is 0 Å². The molecule has 10 heteroatoms. The Hall–Kier alpha value is -4.19. The molecule has 0 unspecified atom stereocenters. The number of amides is 1. The average Bonchev–Trinajstić information content (AvgIpc) is 3.47. The van der Waals surface area contributed by atoms with Gasteiger partial charge in [0, 0.05) is 27.3 Å². The second kappa shape index (κ2) is 10.7. The zero-order chi connectivity index (χ0) is 26.8. The number of benzene rings is 3. The Morgan fingerprint density at radius 2 is 1.84 bits per heavy atom. The summed E-state index contributed by atoms with van der Waals surface area (Å²) in [6, 6.07) is 20.4. The van der Waals surface area contributed by atoms with Crippen molar-refractivity contribution in [1.82, 2.24) is 25.1 Å². The molecule has 0 bridgehead atoms. The number of nitrogens with one attached hydrogen (secondary N) is 2. The van der Waals surface area contributed by atoms with E-state index in [1.807, 2.05) is 22.9 Å². The maximum atomic E-state index is 12.3. The fourth-order valence-corrected chi connectivity index (χ4v) is 5.02. The topological polar surface area (TPSA) is 133 Å². The summed E-state index contributed by atoms with van der Waals surface area (Å²) in [5, 5.41) is 26.1. The fraction of sp³-hybridized carbons (Fsp3) is 0.143. The number of carboxylic acid groups (broad SMARTS) is 1. The normalized spacial score (nSPS) is 11.1. The molecule has 0 atom stereocenters. The molecule has 5 aromatic rings. The molecular weight excluding hydrogens is 597 g/mol. The van der Waals surface area contributed by atoms with Crippen LogP contribution in [0.3, 0.4) is 0 Å². The van der Waals surface area contributed by atoms with Crippen molar-refractivity contribution in [3.63, 3.8) is 0 Å². The van der Waals surface area contributed by atoms with Crippen molar-refractivity contribution >= 4 is 45.5 Å². The molecule has 0 aliphatic heterocycles. The van der Waals surface area contributed by atoms with Crippen LogP contribution in [0.25, 0.3) is 33.8 Å². The number of rotatable bonds is 8. The number of carboxylic acids is 1. The first-order chi connectivity index (χ1) is 18.2. The van der Waals surface area contributed by atoms with Crippen LogP contribution in [0.2, 0.25) is 0 Å². The molecule has 5 rings (SSSR count). The van der Waals surface area contributed by atoms with Gasteiger partial charge in [-0.1, -0.05) is 12.1 Å². The number of carbonyl (C=O) groups is 2. The van der Waals surface area contributed by atoms with E-state index < -0.39 is 5.97 Å². The van der Waals surface area contributed by atoms with Crippen molar-refractivity contribution in [3.8, 4) is 28.5 Å². The first-order valence-corrected chi connectivity index (χ1v) is 13.0. The first kappa shape index (κ1) is 25.5. The number of H-pyrrole nitrogens is 1. The van der Waals surface area contributed by atoms with Gasteiger partial charge in [-0.3, -0.25) is 14.3 Å². The van der Waals surface area contributed by atoms with Crippen LogP contribution in [0.5, 0.6) is 5.75 Å². The summed E-state index contributed by atoms with van der Waals surface area (Å²) in [5.74, 6) is -0.499. The number of hydrogen-bond donors (Lipinski definition) is 4. The Morgan fingerprint density at radius 1 is 1.05 bits per heavy atom. The second-order valence-corrected chi connectivity index (χ2v) is 10.2. The lowest BCUT2D eigenvalue weighted by molar-refractivity contribution is -0.136. The first-order valence-electron chi connectivity index (χ1n) is 11.9. The van der Waals surface area contributed by atoms with Crippen LogP contribution < -0.4 is 5.32 Å². The van der Waals surface area contributed by atoms with E-state index in [2.05, 4.69) is 58.0 Å². The summed E-state index contributed by atoms with van der Waals surface area (Å²) in [6.45, 7) is 2.55. The van der Waals surface area contributed by atoms with Gasteiger partial charge >= 0.3 is 5.97 Å². The Morgan fingerprint density at radius 3 is 2.58 bits per heavy atom. The molecule has 3 aromatic carbocycles. The lowest BCUT2D eigenvalue weighted by atomic mass is 10.1. The molecule has 0 radical (unpaired) electrons. The number of aryl methyl sites for hydroxylation is 1. The molecule has 0 saturated heterocycles. The van der Waals surface area contributed by atoms with Gasteiger partial charge in [-0.05, 0) is 89.2 Å². The third kappa shape index (κ3) is 5.70. The van der Waals surface area contributed by atoms with Gasteiger partial charge in [0.05, 0.1) is 29.7 Å². The van der Waals surface area contributed by atoms with Crippen LogP contribution in [0.1, 0.15) is 27.9 Å². The third-order valence-corrected chi connectivity index (χ3v) is 6.62. The van der Waals surface area contributed by atoms with Gasteiger partial charge < -0.3 is 20.5 Å². The quantitative estimate of drug-likeness (QED) is 0.181. The summed E-state index contributed by atoms with van der Waals surface area (Å²) < 4.78 is 2.98. The van der Waals surface area contributed by atoms with Crippen LogP contribution >= 0.6 is 22.6 Å². The van der Waals surface area contributed by atoms with Crippen molar-refractivity contribution in [2.45, 2.75) is 19.9 Å². The predicted octanol–water partition coefficient (Wildman–Crippen LogP) is 4.96. The minimum Gasteiger partial charge on any atom is -0.508 e. The van der Waals surface area contributed by atoms with Crippen LogP contribution in [-0.4, -0.2) is 48.4 Å². The second-order valence-electron chi connectivity index (χ2n) is 8.97. The predicted molar refractivity (Wildman–Crippen MR) is 152 cm³/mol. The lowest BCUT2D eigenvalue weighted by Crippen LogP contribution is -2.25.